The van der Waals surface area contributed by atoms with E-state index in [4.69, 9.17) is 4.74 Å². The molecule has 2 fully saturated rings. The zero-order chi connectivity index (χ0) is 13.9. The fraction of sp³-hybridized carbons (Fsp3) is 0.562. The van der Waals surface area contributed by atoms with Gasteiger partial charge in [-0.15, -0.1) is 0 Å². The first-order chi connectivity index (χ1) is 9.78. The van der Waals surface area contributed by atoms with E-state index in [-0.39, 0.29) is 31.3 Å². The number of alkyl carbamates (subject to hydrolysis) is 1. The number of benzene rings is 1. The van der Waals surface area contributed by atoms with Gasteiger partial charge in [-0.3, -0.25) is 0 Å². The van der Waals surface area contributed by atoms with E-state index in [1.807, 2.05) is 30.3 Å². The van der Waals surface area contributed by atoms with Gasteiger partial charge in [-0.25, -0.2) is 4.79 Å². The van der Waals surface area contributed by atoms with Gasteiger partial charge in [-0.05, 0) is 36.7 Å². The molecule has 2 aliphatic rings. The monoisotopic (exact) mass is 275 g/mol. The van der Waals surface area contributed by atoms with E-state index in [2.05, 4.69) is 5.32 Å². The predicted octanol–water partition coefficient (Wildman–Crippen LogP) is 2.32. The van der Waals surface area contributed by atoms with Crippen molar-refractivity contribution in [1.82, 2.24) is 5.32 Å². The molecule has 0 unspecified atom stereocenters. The summed E-state index contributed by atoms with van der Waals surface area (Å²) < 4.78 is 5.26. The molecule has 108 valence electrons. The van der Waals surface area contributed by atoms with Gasteiger partial charge in [0.1, 0.15) is 6.61 Å². The van der Waals surface area contributed by atoms with Gasteiger partial charge in [0.25, 0.3) is 0 Å². The Morgan fingerprint density at radius 3 is 2.75 bits per heavy atom. The highest BCUT2D eigenvalue weighted by Gasteiger charge is 2.47. The second-order valence-electron chi connectivity index (χ2n) is 5.91. The van der Waals surface area contributed by atoms with Crippen molar-refractivity contribution in [2.45, 2.75) is 31.9 Å². The van der Waals surface area contributed by atoms with Crippen molar-refractivity contribution in [3.63, 3.8) is 0 Å². The lowest BCUT2D eigenvalue weighted by Gasteiger charge is -2.30. The number of amides is 1. The van der Waals surface area contributed by atoms with Crippen LogP contribution in [0.5, 0.6) is 0 Å². The molecule has 0 radical (unpaired) electrons. The summed E-state index contributed by atoms with van der Waals surface area (Å²) in [7, 11) is 0. The highest BCUT2D eigenvalue weighted by Crippen LogP contribution is 2.48. The largest absolute Gasteiger partial charge is 0.445 e. The van der Waals surface area contributed by atoms with Crippen molar-refractivity contribution in [2.24, 2.45) is 17.8 Å². The van der Waals surface area contributed by atoms with Crippen LogP contribution in [0.15, 0.2) is 30.3 Å². The summed E-state index contributed by atoms with van der Waals surface area (Å²) in [5.74, 6) is 1.30. The first-order valence-corrected chi connectivity index (χ1v) is 7.36. The van der Waals surface area contributed by atoms with Crippen LogP contribution < -0.4 is 5.32 Å². The fourth-order valence-electron chi connectivity index (χ4n) is 3.80. The molecule has 2 bridgehead atoms. The van der Waals surface area contributed by atoms with Crippen LogP contribution in [0.2, 0.25) is 0 Å². The molecule has 0 spiro atoms. The van der Waals surface area contributed by atoms with Crippen LogP contribution in [-0.2, 0) is 11.3 Å². The molecule has 1 amide bonds. The molecular weight excluding hydrogens is 254 g/mol. The Balaban J connectivity index is 1.51. The van der Waals surface area contributed by atoms with Gasteiger partial charge in [0.05, 0.1) is 0 Å². The summed E-state index contributed by atoms with van der Waals surface area (Å²) in [4.78, 5) is 11.9. The number of carbonyl (C=O) groups is 1. The smallest absolute Gasteiger partial charge is 0.407 e. The number of carbonyl (C=O) groups excluding carboxylic acids is 1. The Labute approximate surface area is 119 Å². The third-order valence-corrected chi connectivity index (χ3v) is 4.80. The van der Waals surface area contributed by atoms with E-state index in [9.17, 15) is 9.90 Å². The maximum atomic E-state index is 11.9. The SMILES string of the molecule is O=C(N[C@@H]1[C@H]2CC[C@H](C2)[C@@H]1CO)OCc1ccccc1. The lowest BCUT2D eigenvalue weighted by atomic mass is 9.85. The number of aliphatic hydroxyl groups excluding tert-OH is 1. The molecule has 0 saturated heterocycles. The molecule has 4 heteroatoms. The summed E-state index contributed by atoms with van der Waals surface area (Å²) in [5.41, 5.74) is 0.981. The van der Waals surface area contributed by atoms with E-state index >= 15 is 0 Å². The topological polar surface area (TPSA) is 58.6 Å². The first-order valence-electron chi connectivity index (χ1n) is 7.36. The Kier molecular flexibility index (Phi) is 3.92. The van der Waals surface area contributed by atoms with Gasteiger partial charge in [-0.1, -0.05) is 30.3 Å². The zero-order valence-electron chi connectivity index (χ0n) is 11.5. The maximum Gasteiger partial charge on any atom is 0.407 e. The number of fused-ring (bicyclic) bond motifs is 2. The van der Waals surface area contributed by atoms with Crippen LogP contribution in [-0.4, -0.2) is 23.8 Å². The van der Waals surface area contributed by atoms with Crippen molar-refractivity contribution < 1.29 is 14.6 Å². The molecule has 2 N–H and O–H groups in total. The number of ether oxygens (including phenoxy) is 1. The molecule has 4 nitrogen and oxygen atoms in total. The molecular formula is C16H21NO3. The number of hydrogen-bond acceptors (Lipinski definition) is 3. The molecule has 2 aliphatic carbocycles. The Morgan fingerprint density at radius 1 is 1.25 bits per heavy atom. The van der Waals surface area contributed by atoms with Gasteiger partial charge < -0.3 is 15.2 Å². The highest BCUT2D eigenvalue weighted by atomic mass is 16.5. The van der Waals surface area contributed by atoms with Gasteiger partial charge in [0.2, 0.25) is 0 Å². The predicted molar refractivity (Wildman–Crippen MR) is 75.0 cm³/mol. The summed E-state index contributed by atoms with van der Waals surface area (Å²) in [6.07, 6.45) is 3.11. The van der Waals surface area contributed by atoms with E-state index in [1.165, 1.54) is 6.42 Å². The minimum atomic E-state index is -0.371. The lowest BCUT2D eigenvalue weighted by molar-refractivity contribution is 0.110. The van der Waals surface area contributed by atoms with Crippen LogP contribution in [0, 0.1) is 17.8 Å². The minimum absolute atomic E-state index is 0.0852. The molecule has 1 aromatic carbocycles. The van der Waals surface area contributed by atoms with Crippen molar-refractivity contribution in [3.8, 4) is 0 Å². The number of nitrogens with one attached hydrogen (secondary N) is 1. The summed E-state index contributed by atoms with van der Waals surface area (Å²) in [6.45, 7) is 0.447. The third-order valence-electron chi connectivity index (χ3n) is 4.80. The quantitative estimate of drug-likeness (QED) is 0.886. The van der Waals surface area contributed by atoms with Crippen molar-refractivity contribution >= 4 is 6.09 Å². The number of aliphatic hydroxyl groups is 1. The third kappa shape index (κ3) is 2.66. The molecule has 3 rings (SSSR count). The normalized spacial score (nSPS) is 31.2. The Hall–Kier alpha value is -1.55. The summed E-state index contributed by atoms with van der Waals surface area (Å²) in [5, 5.41) is 12.4. The molecule has 20 heavy (non-hydrogen) atoms. The standard InChI is InChI=1S/C16H21NO3/c18-9-14-12-6-7-13(8-12)15(14)17-16(19)20-10-11-4-2-1-3-5-11/h1-5,12-15,18H,6-10H2,(H,17,19)/t12-,13+,14+,15-/m1/s1. The fourth-order valence-corrected chi connectivity index (χ4v) is 3.80. The van der Waals surface area contributed by atoms with E-state index < -0.39 is 0 Å². The lowest BCUT2D eigenvalue weighted by Crippen LogP contribution is -2.45. The van der Waals surface area contributed by atoms with E-state index in [0.29, 0.717) is 11.8 Å². The van der Waals surface area contributed by atoms with Crippen LogP contribution in [0.1, 0.15) is 24.8 Å². The Bertz CT molecular complexity index is 462. The van der Waals surface area contributed by atoms with Crippen LogP contribution in [0.25, 0.3) is 0 Å². The highest BCUT2D eigenvalue weighted by molar-refractivity contribution is 5.67. The number of rotatable bonds is 4. The van der Waals surface area contributed by atoms with Crippen LogP contribution >= 0.6 is 0 Å². The van der Waals surface area contributed by atoms with Gasteiger partial charge in [0, 0.05) is 18.6 Å². The van der Waals surface area contributed by atoms with Gasteiger partial charge in [-0.2, -0.15) is 0 Å². The maximum absolute atomic E-state index is 11.9. The summed E-state index contributed by atoms with van der Waals surface area (Å²) >= 11 is 0. The van der Waals surface area contributed by atoms with E-state index in [0.717, 1.165) is 18.4 Å². The van der Waals surface area contributed by atoms with Crippen molar-refractivity contribution in [2.75, 3.05) is 6.61 Å². The second-order valence-corrected chi connectivity index (χ2v) is 5.91. The van der Waals surface area contributed by atoms with Crippen LogP contribution in [0.3, 0.4) is 0 Å². The van der Waals surface area contributed by atoms with Crippen LogP contribution in [0.4, 0.5) is 4.79 Å². The molecule has 0 aliphatic heterocycles. The molecule has 0 heterocycles. The van der Waals surface area contributed by atoms with Gasteiger partial charge in [0.15, 0.2) is 0 Å². The van der Waals surface area contributed by atoms with E-state index in [1.54, 1.807) is 0 Å². The molecule has 0 aromatic heterocycles. The van der Waals surface area contributed by atoms with Crippen molar-refractivity contribution in [1.29, 1.82) is 0 Å². The summed E-state index contributed by atoms with van der Waals surface area (Å²) in [6, 6.07) is 9.73. The average Bonchev–Trinajstić information content (AvgIpc) is 3.07. The molecule has 4 atom stereocenters. The Morgan fingerprint density at radius 2 is 2.00 bits per heavy atom. The molecule has 1 aromatic rings. The second kappa shape index (κ2) is 5.83. The van der Waals surface area contributed by atoms with Crippen molar-refractivity contribution in [3.05, 3.63) is 35.9 Å². The molecule has 2 saturated carbocycles. The zero-order valence-corrected chi connectivity index (χ0v) is 11.5. The average molecular weight is 275 g/mol. The first kappa shape index (κ1) is 13.4. The minimum Gasteiger partial charge on any atom is -0.445 e. The van der Waals surface area contributed by atoms with Gasteiger partial charge >= 0.3 is 6.09 Å². The number of hydrogen-bond donors (Lipinski definition) is 2.